The number of pyridine rings is 1. The minimum absolute atomic E-state index is 0.118. The maximum absolute atomic E-state index is 6.18. The number of nitrogens with two attached hydrogens (primary N) is 1. The van der Waals surface area contributed by atoms with Gasteiger partial charge >= 0.3 is 0 Å². The second-order valence-corrected chi connectivity index (χ2v) is 5.86. The number of benzene rings is 1. The highest BCUT2D eigenvalue weighted by Gasteiger charge is 2.21. The standard InChI is InChI=1S/C15H16BrClN2O/c1-2-14(18)15(10-4-3-5-12(17)6-10)20-13-7-11(16)8-19-9-13/h3-9,14-15H,2,18H2,1H3. The molecule has 0 spiro atoms. The molecule has 5 heteroatoms. The van der Waals surface area contributed by atoms with Gasteiger partial charge < -0.3 is 10.5 Å². The van der Waals surface area contributed by atoms with Gasteiger partial charge in [-0.2, -0.15) is 0 Å². The monoisotopic (exact) mass is 354 g/mol. The van der Waals surface area contributed by atoms with E-state index >= 15 is 0 Å². The Labute approximate surface area is 132 Å². The van der Waals surface area contributed by atoms with Crippen LogP contribution in [0.5, 0.6) is 5.75 Å². The number of hydrogen-bond donors (Lipinski definition) is 1. The first-order chi connectivity index (χ1) is 9.60. The Bertz CT molecular complexity index is 579. The summed E-state index contributed by atoms with van der Waals surface area (Å²) in [6.07, 6.45) is 3.93. The van der Waals surface area contributed by atoms with E-state index in [2.05, 4.69) is 20.9 Å². The Morgan fingerprint density at radius 2 is 2.15 bits per heavy atom. The van der Waals surface area contributed by atoms with Crippen LogP contribution in [0, 0.1) is 0 Å². The average Bonchev–Trinajstić information content (AvgIpc) is 2.44. The first-order valence-electron chi connectivity index (χ1n) is 6.38. The molecule has 2 atom stereocenters. The van der Waals surface area contributed by atoms with E-state index in [4.69, 9.17) is 22.1 Å². The summed E-state index contributed by atoms with van der Waals surface area (Å²) in [5.41, 5.74) is 7.15. The van der Waals surface area contributed by atoms with Crippen LogP contribution in [-0.2, 0) is 0 Å². The van der Waals surface area contributed by atoms with Crippen LogP contribution in [0.25, 0.3) is 0 Å². The zero-order valence-corrected chi connectivity index (χ0v) is 13.4. The first-order valence-corrected chi connectivity index (χ1v) is 7.55. The van der Waals surface area contributed by atoms with Gasteiger partial charge in [0.1, 0.15) is 11.9 Å². The third-order valence-corrected chi connectivity index (χ3v) is 3.65. The summed E-state index contributed by atoms with van der Waals surface area (Å²) in [6.45, 7) is 2.03. The van der Waals surface area contributed by atoms with Crippen LogP contribution in [0.15, 0.2) is 47.2 Å². The molecule has 0 aliphatic heterocycles. The van der Waals surface area contributed by atoms with Gasteiger partial charge in [0.15, 0.2) is 0 Å². The van der Waals surface area contributed by atoms with E-state index in [1.165, 1.54) is 0 Å². The quantitative estimate of drug-likeness (QED) is 0.867. The molecule has 0 fully saturated rings. The molecule has 0 saturated carbocycles. The first kappa shape index (κ1) is 15.3. The smallest absolute Gasteiger partial charge is 0.139 e. The molecule has 20 heavy (non-hydrogen) atoms. The van der Waals surface area contributed by atoms with Crippen LogP contribution in [0.1, 0.15) is 25.0 Å². The van der Waals surface area contributed by atoms with Crippen molar-refractivity contribution in [3.8, 4) is 5.75 Å². The molecular formula is C15H16BrClN2O. The molecule has 0 bridgehead atoms. The van der Waals surface area contributed by atoms with E-state index in [0.717, 1.165) is 16.5 Å². The van der Waals surface area contributed by atoms with Crippen LogP contribution >= 0.6 is 27.5 Å². The highest BCUT2D eigenvalue weighted by atomic mass is 79.9. The number of halogens is 2. The Balaban J connectivity index is 2.29. The normalized spacial score (nSPS) is 13.8. The highest BCUT2D eigenvalue weighted by molar-refractivity contribution is 9.10. The van der Waals surface area contributed by atoms with Gasteiger partial charge in [-0.1, -0.05) is 30.7 Å². The van der Waals surface area contributed by atoms with Crippen molar-refractivity contribution in [2.45, 2.75) is 25.5 Å². The Morgan fingerprint density at radius 3 is 2.80 bits per heavy atom. The molecule has 2 rings (SSSR count). The van der Waals surface area contributed by atoms with Crippen molar-refractivity contribution in [1.29, 1.82) is 0 Å². The second kappa shape index (κ2) is 7.07. The van der Waals surface area contributed by atoms with Crippen molar-refractivity contribution in [3.05, 3.63) is 57.8 Å². The molecule has 0 aliphatic rings. The van der Waals surface area contributed by atoms with Crippen molar-refractivity contribution in [3.63, 3.8) is 0 Å². The van der Waals surface area contributed by atoms with E-state index in [9.17, 15) is 0 Å². The van der Waals surface area contributed by atoms with Gasteiger partial charge in [0.25, 0.3) is 0 Å². The number of hydrogen-bond acceptors (Lipinski definition) is 3. The van der Waals surface area contributed by atoms with E-state index in [0.29, 0.717) is 10.8 Å². The largest absolute Gasteiger partial charge is 0.482 e. The Morgan fingerprint density at radius 1 is 1.35 bits per heavy atom. The van der Waals surface area contributed by atoms with E-state index in [1.807, 2.05) is 37.3 Å². The SMILES string of the molecule is CCC(N)C(Oc1cncc(Br)c1)c1cccc(Cl)c1. The topological polar surface area (TPSA) is 48.1 Å². The van der Waals surface area contributed by atoms with E-state index in [-0.39, 0.29) is 12.1 Å². The third kappa shape index (κ3) is 3.95. The van der Waals surface area contributed by atoms with Crippen molar-refractivity contribution in [2.24, 2.45) is 5.73 Å². The molecule has 2 unspecified atom stereocenters. The minimum atomic E-state index is -0.255. The summed E-state index contributed by atoms with van der Waals surface area (Å²) < 4.78 is 6.88. The van der Waals surface area contributed by atoms with Crippen LogP contribution < -0.4 is 10.5 Å². The molecule has 0 aliphatic carbocycles. The molecular weight excluding hydrogens is 340 g/mol. The van der Waals surface area contributed by atoms with Crippen molar-refractivity contribution in [2.75, 3.05) is 0 Å². The molecule has 1 aromatic heterocycles. The van der Waals surface area contributed by atoms with Gasteiger partial charge in [0.2, 0.25) is 0 Å². The third-order valence-electron chi connectivity index (χ3n) is 2.98. The Hall–Kier alpha value is -1.10. The number of nitrogens with zero attached hydrogens (tertiary/aromatic N) is 1. The fourth-order valence-corrected chi connectivity index (χ4v) is 2.45. The summed E-state index contributed by atoms with van der Waals surface area (Å²) in [6, 6.07) is 9.33. The maximum Gasteiger partial charge on any atom is 0.139 e. The van der Waals surface area contributed by atoms with Crippen LogP contribution in [-0.4, -0.2) is 11.0 Å². The molecule has 106 valence electrons. The number of ether oxygens (including phenoxy) is 1. The van der Waals surface area contributed by atoms with Gasteiger partial charge in [-0.25, -0.2) is 0 Å². The molecule has 0 radical (unpaired) electrons. The molecule has 2 aromatic rings. The van der Waals surface area contributed by atoms with Gasteiger partial charge in [-0.05, 0) is 46.1 Å². The molecule has 2 N–H and O–H groups in total. The molecule has 3 nitrogen and oxygen atoms in total. The summed E-state index contributed by atoms with van der Waals surface area (Å²) in [4.78, 5) is 4.09. The molecule has 0 saturated heterocycles. The lowest BCUT2D eigenvalue weighted by atomic mass is 10.0. The molecule has 0 amide bonds. The van der Waals surface area contributed by atoms with E-state index in [1.54, 1.807) is 12.4 Å². The van der Waals surface area contributed by atoms with Crippen molar-refractivity contribution >= 4 is 27.5 Å². The van der Waals surface area contributed by atoms with Crippen LogP contribution in [0.3, 0.4) is 0 Å². The zero-order valence-electron chi connectivity index (χ0n) is 11.1. The fraction of sp³-hybridized carbons (Fsp3) is 0.267. The highest BCUT2D eigenvalue weighted by Crippen LogP contribution is 2.28. The van der Waals surface area contributed by atoms with Crippen molar-refractivity contribution in [1.82, 2.24) is 4.98 Å². The van der Waals surface area contributed by atoms with Gasteiger partial charge in [0.05, 0.1) is 6.20 Å². The van der Waals surface area contributed by atoms with Gasteiger partial charge in [0, 0.05) is 21.7 Å². The lowest BCUT2D eigenvalue weighted by Gasteiger charge is -2.24. The van der Waals surface area contributed by atoms with E-state index < -0.39 is 0 Å². The van der Waals surface area contributed by atoms with Crippen LogP contribution in [0.4, 0.5) is 0 Å². The number of rotatable bonds is 5. The Kier molecular flexibility index (Phi) is 5.40. The average molecular weight is 356 g/mol. The zero-order chi connectivity index (χ0) is 14.5. The lowest BCUT2D eigenvalue weighted by molar-refractivity contribution is 0.170. The second-order valence-electron chi connectivity index (χ2n) is 4.50. The minimum Gasteiger partial charge on any atom is -0.482 e. The van der Waals surface area contributed by atoms with Gasteiger partial charge in [-0.3, -0.25) is 4.98 Å². The lowest BCUT2D eigenvalue weighted by Crippen LogP contribution is -2.31. The summed E-state index contributed by atoms with van der Waals surface area (Å²) in [5, 5.41) is 0.673. The predicted molar refractivity (Wildman–Crippen MR) is 85.0 cm³/mol. The van der Waals surface area contributed by atoms with Gasteiger partial charge in [-0.15, -0.1) is 0 Å². The summed E-state index contributed by atoms with van der Waals surface area (Å²) in [5.74, 6) is 0.674. The summed E-state index contributed by atoms with van der Waals surface area (Å²) >= 11 is 9.43. The molecule has 1 heterocycles. The van der Waals surface area contributed by atoms with Crippen molar-refractivity contribution < 1.29 is 4.74 Å². The maximum atomic E-state index is 6.18. The van der Waals surface area contributed by atoms with Crippen LogP contribution in [0.2, 0.25) is 5.02 Å². The fourth-order valence-electron chi connectivity index (χ4n) is 1.90. The predicted octanol–water partition coefficient (Wildman–Crippen LogP) is 4.35. The number of aromatic nitrogens is 1. The summed E-state index contributed by atoms with van der Waals surface area (Å²) in [7, 11) is 0. The molecule has 1 aromatic carbocycles.